The van der Waals surface area contributed by atoms with Crippen LogP contribution in [0.1, 0.15) is 26.8 Å². The number of carbonyl (C=O) groups excluding carboxylic acids is 2. The normalized spacial score (nSPS) is 15.8. The summed E-state index contributed by atoms with van der Waals surface area (Å²) in [7, 11) is 0. The molecule has 0 saturated carbocycles. The van der Waals surface area contributed by atoms with Crippen molar-refractivity contribution in [2.24, 2.45) is 0 Å². The van der Waals surface area contributed by atoms with Crippen LogP contribution in [0.5, 0.6) is 0 Å². The van der Waals surface area contributed by atoms with E-state index in [0.717, 1.165) is 5.56 Å². The average molecular weight is 561 g/mol. The van der Waals surface area contributed by atoms with E-state index in [0.29, 0.717) is 25.6 Å². The molecule has 0 radical (unpaired) electrons. The number of thioether (sulfide) groups is 1. The highest BCUT2D eigenvalue weighted by molar-refractivity contribution is 8.00. The fourth-order valence-electron chi connectivity index (χ4n) is 3.67. The molecule has 2 aromatic carbocycles. The quantitative estimate of drug-likeness (QED) is 0.149. The monoisotopic (exact) mass is 559 g/mol. The fourth-order valence-corrected chi connectivity index (χ4v) is 6.68. The number of rotatable bonds is 7. The molecule has 1 aliphatic rings. The van der Waals surface area contributed by atoms with Crippen LogP contribution in [0, 0.1) is 0 Å². The molecule has 0 bridgehead atoms. The summed E-state index contributed by atoms with van der Waals surface area (Å²) in [6, 6.07) is 17.1. The minimum atomic E-state index is -0.984. The number of amides is 1. The number of hydrogen-bond acceptors (Lipinski definition) is 8. The lowest BCUT2D eigenvalue weighted by atomic mass is 9.95. The lowest BCUT2D eigenvalue weighted by molar-refractivity contribution is -0.117. The topological polar surface area (TPSA) is 83.4 Å². The van der Waals surface area contributed by atoms with Crippen LogP contribution in [0.2, 0.25) is 10.0 Å². The van der Waals surface area contributed by atoms with Gasteiger partial charge in [0.25, 0.3) is 5.91 Å². The van der Waals surface area contributed by atoms with Gasteiger partial charge in [0.05, 0.1) is 16.5 Å². The van der Waals surface area contributed by atoms with Gasteiger partial charge in [-0.25, -0.2) is 0 Å². The Kier molecular flexibility index (Phi) is 6.95. The van der Waals surface area contributed by atoms with Gasteiger partial charge < -0.3 is 5.11 Å². The van der Waals surface area contributed by atoms with Crippen LogP contribution in [0.25, 0.3) is 0 Å². The Bertz CT molecular complexity index is 1440. The molecule has 0 spiro atoms. The molecule has 3 heterocycles. The number of hydrogen-bond donors (Lipinski definition) is 1. The molecular weight excluding hydrogens is 545 g/mol. The highest BCUT2D eigenvalue weighted by atomic mass is 35.5. The third kappa shape index (κ3) is 4.74. The van der Waals surface area contributed by atoms with Gasteiger partial charge in [0.2, 0.25) is 10.9 Å². The van der Waals surface area contributed by atoms with Gasteiger partial charge in [0, 0.05) is 15.8 Å². The van der Waals surface area contributed by atoms with Crippen molar-refractivity contribution in [2.75, 3.05) is 4.90 Å². The van der Waals surface area contributed by atoms with Gasteiger partial charge in [-0.3, -0.25) is 14.5 Å². The Morgan fingerprint density at radius 2 is 1.89 bits per heavy atom. The second-order valence-corrected chi connectivity index (χ2v) is 11.4. The highest BCUT2D eigenvalue weighted by Crippen LogP contribution is 2.46. The molecular formula is C24H15Cl2N3O3S3. The van der Waals surface area contributed by atoms with Gasteiger partial charge in [0.15, 0.2) is 10.1 Å². The molecule has 5 rings (SSSR count). The van der Waals surface area contributed by atoms with E-state index in [4.69, 9.17) is 23.2 Å². The van der Waals surface area contributed by atoms with Crippen molar-refractivity contribution in [1.29, 1.82) is 0 Å². The molecule has 6 nitrogen and oxygen atoms in total. The predicted octanol–water partition coefficient (Wildman–Crippen LogP) is 6.98. The van der Waals surface area contributed by atoms with Crippen molar-refractivity contribution in [1.82, 2.24) is 10.2 Å². The first-order chi connectivity index (χ1) is 16.9. The third-order valence-corrected chi connectivity index (χ3v) is 8.82. The number of aromatic nitrogens is 2. The second-order valence-electron chi connectivity index (χ2n) is 7.44. The van der Waals surface area contributed by atoms with Crippen molar-refractivity contribution in [3.05, 3.63) is 103 Å². The Morgan fingerprint density at radius 1 is 1.09 bits per heavy atom. The van der Waals surface area contributed by atoms with E-state index in [1.54, 1.807) is 29.6 Å². The maximum absolute atomic E-state index is 13.4. The van der Waals surface area contributed by atoms with E-state index in [2.05, 4.69) is 10.2 Å². The molecule has 4 aromatic rings. The van der Waals surface area contributed by atoms with E-state index in [-0.39, 0.29) is 15.7 Å². The molecule has 0 aliphatic carbocycles. The van der Waals surface area contributed by atoms with Crippen molar-refractivity contribution in [3.8, 4) is 0 Å². The zero-order valence-electron chi connectivity index (χ0n) is 17.7. The Labute approximate surface area is 222 Å². The van der Waals surface area contributed by atoms with Crippen molar-refractivity contribution in [2.45, 2.75) is 16.1 Å². The van der Waals surface area contributed by atoms with Crippen molar-refractivity contribution in [3.63, 3.8) is 0 Å². The van der Waals surface area contributed by atoms with Crippen molar-refractivity contribution < 1.29 is 14.7 Å². The number of aliphatic hydroxyl groups excluding tert-OH is 1. The minimum Gasteiger partial charge on any atom is -0.503 e. The summed E-state index contributed by atoms with van der Waals surface area (Å²) in [6.07, 6.45) is 0. The van der Waals surface area contributed by atoms with Crippen LogP contribution in [-0.2, 0) is 10.5 Å². The molecule has 1 unspecified atom stereocenters. The first kappa shape index (κ1) is 24.0. The number of carbonyl (C=O) groups is 2. The summed E-state index contributed by atoms with van der Waals surface area (Å²) < 4.78 is 0.648. The number of benzene rings is 2. The average Bonchev–Trinajstić information content (AvgIpc) is 3.59. The number of Topliss-reactive ketones (excluding diaryl/α,β-unsaturated/α-hetero) is 1. The van der Waals surface area contributed by atoms with E-state index < -0.39 is 23.5 Å². The minimum absolute atomic E-state index is 0.0599. The molecule has 1 amide bonds. The molecule has 0 fully saturated rings. The smallest absolute Gasteiger partial charge is 0.296 e. The summed E-state index contributed by atoms with van der Waals surface area (Å²) >= 11 is 16.5. The lowest BCUT2D eigenvalue weighted by Gasteiger charge is -2.24. The third-order valence-electron chi connectivity index (χ3n) is 5.26. The summed E-state index contributed by atoms with van der Waals surface area (Å²) in [5, 5.41) is 22.0. The Morgan fingerprint density at radius 3 is 2.60 bits per heavy atom. The van der Waals surface area contributed by atoms with Gasteiger partial charge in [0.1, 0.15) is 0 Å². The maximum Gasteiger partial charge on any atom is 0.296 e. The molecule has 35 heavy (non-hydrogen) atoms. The van der Waals surface area contributed by atoms with Crippen molar-refractivity contribution >= 4 is 74.5 Å². The predicted molar refractivity (Wildman–Crippen MR) is 141 cm³/mol. The standard InChI is InChI=1S/C24H15Cl2N3O3S3/c25-14-8-9-15(16(26)11-14)19-18(20(30)17-7-4-10-33-17)21(31)22(32)29(19)23-27-28-24(35-23)34-12-13-5-2-1-3-6-13/h1-11,19,31H,12H2. The number of thiophene rings is 1. The first-order valence-corrected chi connectivity index (χ1v) is 13.7. The zero-order valence-corrected chi connectivity index (χ0v) is 21.7. The largest absolute Gasteiger partial charge is 0.503 e. The van der Waals surface area contributed by atoms with Crippen LogP contribution in [0.3, 0.4) is 0 Å². The van der Waals surface area contributed by atoms with E-state index >= 15 is 0 Å². The number of anilines is 1. The van der Waals surface area contributed by atoms with Crippen LogP contribution in [-0.4, -0.2) is 27.0 Å². The molecule has 2 aromatic heterocycles. The van der Waals surface area contributed by atoms with Gasteiger partial charge in [-0.05, 0) is 34.7 Å². The summed E-state index contributed by atoms with van der Waals surface area (Å²) in [5.74, 6) is -1.14. The van der Waals surface area contributed by atoms with E-state index in [9.17, 15) is 14.7 Å². The van der Waals surface area contributed by atoms with Gasteiger partial charge in [-0.15, -0.1) is 21.5 Å². The van der Waals surface area contributed by atoms with Crippen LogP contribution in [0.15, 0.2) is 81.7 Å². The number of aliphatic hydroxyl groups is 1. The summed E-state index contributed by atoms with van der Waals surface area (Å²) in [4.78, 5) is 28.3. The van der Waals surface area contributed by atoms with Gasteiger partial charge in [-0.2, -0.15) is 0 Å². The van der Waals surface area contributed by atoms with Gasteiger partial charge >= 0.3 is 0 Å². The Balaban J connectivity index is 1.53. The lowest BCUT2D eigenvalue weighted by Crippen LogP contribution is -2.31. The summed E-state index contributed by atoms with van der Waals surface area (Å²) in [5.41, 5.74) is 1.51. The molecule has 0 saturated heterocycles. The SMILES string of the molecule is O=C(C1=C(O)C(=O)N(c2nnc(SCc3ccccc3)s2)C1c1ccc(Cl)cc1Cl)c1cccs1. The first-order valence-electron chi connectivity index (χ1n) is 10.2. The molecule has 1 atom stereocenters. The number of halogens is 2. The second kappa shape index (κ2) is 10.1. The molecule has 1 N–H and O–H groups in total. The number of ketones is 1. The molecule has 11 heteroatoms. The maximum atomic E-state index is 13.4. The number of nitrogens with zero attached hydrogens (tertiary/aromatic N) is 3. The molecule has 176 valence electrons. The van der Waals surface area contributed by atoms with Gasteiger partial charge in [-0.1, -0.05) is 88.8 Å². The summed E-state index contributed by atoms with van der Waals surface area (Å²) in [6.45, 7) is 0. The van der Waals surface area contributed by atoms with Crippen LogP contribution < -0.4 is 4.90 Å². The highest BCUT2D eigenvalue weighted by Gasteiger charge is 2.47. The van der Waals surface area contributed by atoms with E-state index in [1.165, 1.54) is 45.4 Å². The fraction of sp³-hybridized carbons (Fsp3) is 0.0833. The Hall–Kier alpha value is -2.69. The van der Waals surface area contributed by atoms with E-state index in [1.807, 2.05) is 30.3 Å². The zero-order chi connectivity index (χ0) is 24.5. The van der Waals surface area contributed by atoms with Crippen LogP contribution >= 0.6 is 57.6 Å². The molecule has 1 aliphatic heterocycles. The van der Waals surface area contributed by atoms with Crippen LogP contribution in [0.4, 0.5) is 5.13 Å².